The van der Waals surface area contributed by atoms with Crippen molar-refractivity contribution in [2.45, 2.75) is 0 Å². The molecule has 0 aliphatic carbocycles. The van der Waals surface area contributed by atoms with Crippen LogP contribution in [0.2, 0.25) is 0 Å². The Hall–Kier alpha value is -1.97. The highest BCUT2D eigenvalue weighted by Crippen LogP contribution is 2.22. The summed E-state index contributed by atoms with van der Waals surface area (Å²) in [6.07, 6.45) is 1.45. The lowest BCUT2D eigenvalue weighted by atomic mass is 10.1. The highest BCUT2D eigenvalue weighted by atomic mass is 16.4. The van der Waals surface area contributed by atoms with Crippen molar-refractivity contribution in [2.75, 3.05) is 5.73 Å². The van der Waals surface area contributed by atoms with E-state index in [0.29, 0.717) is 16.6 Å². The van der Waals surface area contributed by atoms with Gasteiger partial charge in [-0.1, -0.05) is 12.1 Å². The number of nitrogens with one attached hydrogen (secondary N) is 1. The molecule has 2 rings (SSSR count). The quantitative estimate of drug-likeness (QED) is 0.575. The maximum absolute atomic E-state index is 10.7. The summed E-state index contributed by atoms with van der Waals surface area (Å²) in [6.45, 7) is 0. The minimum absolute atomic E-state index is 0.252. The topological polar surface area (TPSA) is 79.1 Å². The molecule has 4 N–H and O–H groups in total. The monoisotopic (exact) mass is 176 g/mol. The Balaban J connectivity index is 2.83. The van der Waals surface area contributed by atoms with Crippen LogP contribution in [0.5, 0.6) is 0 Å². The van der Waals surface area contributed by atoms with Gasteiger partial charge < -0.3 is 15.8 Å². The average Bonchev–Trinajstić information content (AvgIpc) is 2.48. The number of carboxylic acid groups (broad SMARTS) is 1. The number of aromatic nitrogens is 1. The van der Waals surface area contributed by atoms with Crippen molar-refractivity contribution in [2.24, 2.45) is 0 Å². The summed E-state index contributed by atoms with van der Waals surface area (Å²) >= 11 is 0. The first-order chi connectivity index (χ1) is 6.20. The van der Waals surface area contributed by atoms with Crippen molar-refractivity contribution in [3.63, 3.8) is 0 Å². The van der Waals surface area contributed by atoms with Gasteiger partial charge in [-0.15, -0.1) is 0 Å². The first-order valence-corrected chi connectivity index (χ1v) is 3.79. The van der Waals surface area contributed by atoms with Gasteiger partial charge in [0.15, 0.2) is 0 Å². The fourth-order valence-corrected chi connectivity index (χ4v) is 1.35. The molecule has 4 nitrogen and oxygen atoms in total. The van der Waals surface area contributed by atoms with Crippen LogP contribution in [0.3, 0.4) is 0 Å². The summed E-state index contributed by atoms with van der Waals surface area (Å²) < 4.78 is 0. The second-order valence-electron chi connectivity index (χ2n) is 2.78. The Kier molecular flexibility index (Phi) is 1.48. The van der Waals surface area contributed by atoms with Crippen molar-refractivity contribution in [1.29, 1.82) is 0 Å². The van der Waals surface area contributed by atoms with Gasteiger partial charge in [0.2, 0.25) is 0 Å². The molecule has 0 radical (unpaired) electrons. The zero-order valence-electron chi connectivity index (χ0n) is 6.74. The van der Waals surface area contributed by atoms with Crippen molar-refractivity contribution in [3.8, 4) is 0 Å². The molecule has 0 saturated heterocycles. The molecule has 0 spiro atoms. The molecule has 1 aromatic heterocycles. The third kappa shape index (κ3) is 1.03. The number of anilines is 1. The Morgan fingerprint density at radius 3 is 2.92 bits per heavy atom. The van der Waals surface area contributed by atoms with Crippen LogP contribution < -0.4 is 5.73 Å². The molecular weight excluding hydrogens is 168 g/mol. The lowest BCUT2D eigenvalue weighted by Gasteiger charge is -1.95. The lowest BCUT2D eigenvalue weighted by Crippen LogP contribution is -1.93. The molecule has 0 saturated carbocycles. The van der Waals surface area contributed by atoms with Gasteiger partial charge in [-0.3, -0.25) is 0 Å². The molecule has 0 atom stereocenters. The largest absolute Gasteiger partial charge is 0.478 e. The standard InChI is InChI=1S/C9H8N2O2/c10-7-3-1-2-5-6(9(12)13)4-11-8(5)7/h1-4,11H,10H2,(H,12,13). The highest BCUT2D eigenvalue weighted by Gasteiger charge is 2.10. The molecule has 0 aliphatic rings. The first-order valence-electron chi connectivity index (χ1n) is 3.79. The Labute approximate surface area is 74.0 Å². The number of hydrogen-bond acceptors (Lipinski definition) is 2. The van der Waals surface area contributed by atoms with E-state index in [1.165, 1.54) is 6.20 Å². The summed E-state index contributed by atoms with van der Waals surface area (Å²) in [5, 5.41) is 9.45. The van der Waals surface area contributed by atoms with E-state index in [2.05, 4.69) is 4.98 Å². The number of carboxylic acids is 1. The Morgan fingerprint density at radius 1 is 1.46 bits per heavy atom. The van der Waals surface area contributed by atoms with Crippen molar-refractivity contribution >= 4 is 22.6 Å². The molecule has 0 aliphatic heterocycles. The van der Waals surface area contributed by atoms with Crippen LogP contribution in [0.4, 0.5) is 5.69 Å². The predicted molar refractivity (Wildman–Crippen MR) is 49.7 cm³/mol. The molecule has 1 aromatic carbocycles. The lowest BCUT2D eigenvalue weighted by molar-refractivity contribution is 0.0699. The van der Waals surface area contributed by atoms with Crippen LogP contribution in [0.15, 0.2) is 24.4 Å². The fourth-order valence-electron chi connectivity index (χ4n) is 1.35. The molecule has 66 valence electrons. The molecule has 4 heteroatoms. The van der Waals surface area contributed by atoms with Crippen molar-refractivity contribution in [3.05, 3.63) is 30.0 Å². The summed E-state index contributed by atoms with van der Waals surface area (Å²) in [5.41, 5.74) is 7.14. The number of aromatic amines is 1. The van der Waals surface area contributed by atoms with Crippen molar-refractivity contribution in [1.82, 2.24) is 4.98 Å². The van der Waals surface area contributed by atoms with E-state index in [4.69, 9.17) is 10.8 Å². The summed E-state index contributed by atoms with van der Waals surface area (Å²) in [6, 6.07) is 5.19. The smallest absolute Gasteiger partial charge is 0.337 e. The number of H-pyrrole nitrogens is 1. The van der Waals surface area contributed by atoms with Gasteiger partial charge in [0.05, 0.1) is 16.8 Å². The normalized spacial score (nSPS) is 10.5. The van der Waals surface area contributed by atoms with Crippen LogP contribution in [-0.2, 0) is 0 Å². The zero-order valence-corrected chi connectivity index (χ0v) is 6.74. The van der Waals surface area contributed by atoms with Gasteiger partial charge in [-0.2, -0.15) is 0 Å². The molecule has 0 unspecified atom stereocenters. The Bertz CT molecular complexity index is 473. The molecule has 1 heterocycles. The summed E-state index contributed by atoms with van der Waals surface area (Å²) in [5.74, 6) is -0.947. The molecule has 2 aromatic rings. The van der Waals surface area contributed by atoms with Gasteiger partial charge in [-0.25, -0.2) is 4.79 Å². The summed E-state index contributed by atoms with van der Waals surface area (Å²) in [4.78, 5) is 13.6. The predicted octanol–water partition coefficient (Wildman–Crippen LogP) is 1.45. The number of aromatic carboxylic acids is 1. The number of benzene rings is 1. The van der Waals surface area contributed by atoms with Gasteiger partial charge in [0.1, 0.15) is 0 Å². The summed E-state index contributed by atoms with van der Waals surface area (Å²) in [7, 11) is 0. The SMILES string of the molecule is Nc1cccc2c(C(=O)O)c[nH]c12. The van der Waals surface area contributed by atoms with Gasteiger partial charge in [0.25, 0.3) is 0 Å². The number of rotatable bonds is 1. The van der Waals surface area contributed by atoms with Gasteiger partial charge in [0, 0.05) is 11.6 Å². The number of nitrogens with two attached hydrogens (primary N) is 1. The number of nitrogen functional groups attached to an aromatic ring is 1. The maximum Gasteiger partial charge on any atom is 0.337 e. The molecule has 0 amide bonds. The zero-order chi connectivity index (χ0) is 9.42. The number of para-hydroxylation sites is 1. The van der Waals surface area contributed by atoms with E-state index in [9.17, 15) is 4.79 Å². The van der Waals surface area contributed by atoms with Gasteiger partial charge >= 0.3 is 5.97 Å². The van der Waals surface area contributed by atoms with Crippen LogP contribution in [0.25, 0.3) is 10.9 Å². The Morgan fingerprint density at radius 2 is 2.23 bits per heavy atom. The van der Waals surface area contributed by atoms with Gasteiger partial charge in [-0.05, 0) is 6.07 Å². The molecule has 0 fully saturated rings. The van der Waals surface area contributed by atoms with E-state index in [-0.39, 0.29) is 5.56 Å². The van der Waals surface area contributed by atoms with E-state index in [1.54, 1.807) is 18.2 Å². The second-order valence-corrected chi connectivity index (χ2v) is 2.78. The minimum atomic E-state index is -0.947. The van der Waals surface area contributed by atoms with E-state index in [1.807, 2.05) is 0 Å². The van der Waals surface area contributed by atoms with Crippen LogP contribution in [-0.4, -0.2) is 16.1 Å². The fraction of sp³-hybridized carbons (Fsp3) is 0. The third-order valence-electron chi connectivity index (χ3n) is 1.98. The highest BCUT2D eigenvalue weighted by molar-refractivity contribution is 6.06. The molecule has 13 heavy (non-hydrogen) atoms. The van der Waals surface area contributed by atoms with E-state index >= 15 is 0 Å². The van der Waals surface area contributed by atoms with Crippen molar-refractivity contribution < 1.29 is 9.90 Å². The maximum atomic E-state index is 10.7. The second kappa shape index (κ2) is 2.52. The van der Waals surface area contributed by atoms with Crippen LogP contribution in [0, 0.1) is 0 Å². The molecular formula is C9H8N2O2. The third-order valence-corrected chi connectivity index (χ3v) is 1.98. The van der Waals surface area contributed by atoms with E-state index < -0.39 is 5.97 Å². The van der Waals surface area contributed by atoms with Crippen LogP contribution >= 0.6 is 0 Å². The first kappa shape index (κ1) is 7.67. The average molecular weight is 176 g/mol. The number of fused-ring (bicyclic) bond motifs is 1. The molecule has 0 bridgehead atoms. The number of carbonyl (C=O) groups is 1. The van der Waals surface area contributed by atoms with E-state index in [0.717, 1.165) is 0 Å². The van der Waals surface area contributed by atoms with Crippen LogP contribution in [0.1, 0.15) is 10.4 Å². The number of hydrogen-bond donors (Lipinski definition) is 3. The minimum Gasteiger partial charge on any atom is -0.478 e.